The van der Waals surface area contributed by atoms with Gasteiger partial charge in [-0.3, -0.25) is 0 Å². The molecule has 0 aromatic carbocycles. The highest BCUT2D eigenvalue weighted by Crippen LogP contribution is 2.48. The molecular formula is C12H24N2. The number of hydrogen-bond acceptors (Lipinski definition) is 2. The standard InChI is InChI=1S/C12H24N2/c1-10(12(2)6-7-12)13-11-4-8-14(3)9-5-11/h10-11,13H,4-9H2,1-3H3. The fraction of sp³-hybridized carbons (Fsp3) is 1.00. The monoisotopic (exact) mass is 196 g/mol. The Morgan fingerprint density at radius 3 is 2.36 bits per heavy atom. The first-order chi connectivity index (χ1) is 6.60. The molecule has 2 nitrogen and oxygen atoms in total. The average molecular weight is 196 g/mol. The fourth-order valence-corrected chi connectivity index (χ4v) is 2.36. The Balaban J connectivity index is 1.75. The van der Waals surface area contributed by atoms with Crippen LogP contribution in [0.5, 0.6) is 0 Å². The van der Waals surface area contributed by atoms with Crippen LogP contribution in [0.25, 0.3) is 0 Å². The summed E-state index contributed by atoms with van der Waals surface area (Å²) in [6, 6.07) is 1.49. The Kier molecular flexibility index (Phi) is 2.85. The average Bonchev–Trinajstić information content (AvgIpc) is 2.89. The maximum absolute atomic E-state index is 3.82. The van der Waals surface area contributed by atoms with Crippen molar-refractivity contribution in [3.63, 3.8) is 0 Å². The number of nitrogens with zero attached hydrogens (tertiary/aromatic N) is 1. The Morgan fingerprint density at radius 2 is 1.86 bits per heavy atom. The summed E-state index contributed by atoms with van der Waals surface area (Å²) in [4.78, 5) is 2.43. The smallest absolute Gasteiger partial charge is 0.00951 e. The molecule has 0 aromatic rings. The van der Waals surface area contributed by atoms with Gasteiger partial charge >= 0.3 is 0 Å². The molecule has 1 atom stereocenters. The molecule has 2 rings (SSSR count). The van der Waals surface area contributed by atoms with E-state index in [1.165, 1.54) is 38.8 Å². The minimum atomic E-state index is 0.628. The predicted molar refractivity (Wildman–Crippen MR) is 60.5 cm³/mol. The van der Waals surface area contributed by atoms with Crippen molar-refractivity contribution < 1.29 is 0 Å². The van der Waals surface area contributed by atoms with E-state index in [4.69, 9.17) is 0 Å². The van der Waals surface area contributed by atoms with E-state index in [-0.39, 0.29) is 0 Å². The predicted octanol–water partition coefficient (Wildman–Crippen LogP) is 1.86. The second kappa shape index (κ2) is 3.82. The third-order valence-electron chi connectivity index (χ3n) is 4.29. The zero-order chi connectivity index (χ0) is 10.2. The van der Waals surface area contributed by atoms with Crippen LogP contribution in [-0.4, -0.2) is 37.1 Å². The molecule has 14 heavy (non-hydrogen) atoms. The van der Waals surface area contributed by atoms with Gasteiger partial charge in [0.25, 0.3) is 0 Å². The molecule has 1 saturated carbocycles. The Hall–Kier alpha value is -0.0800. The topological polar surface area (TPSA) is 15.3 Å². The number of piperidine rings is 1. The van der Waals surface area contributed by atoms with Crippen molar-refractivity contribution in [2.24, 2.45) is 5.41 Å². The van der Waals surface area contributed by atoms with Gasteiger partial charge in [0, 0.05) is 12.1 Å². The first-order valence-electron chi connectivity index (χ1n) is 6.05. The minimum Gasteiger partial charge on any atom is -0.311 e. The number of rotatable bonds is 3. The van der Waals surface area contributed by atoms with Gasteiger partial charge in [-0.2, -0.15) is 0 Å². The zero-order valence-electron chi connectivity index (χ0n) is 9.84. The minimum absolute atomic E-state index is 0.628. The summed E-state index contributed by atoms with van der Waals surface area (Å²) in [6.45, 7) is 7.31. The van der Waals surface area contributed by atoms with Crippen molar-refractivity contribution in [1.82, 2.24) is 10.2 Å². The normalized spacial score (nSPS) is 30.2. The summed E-state index contributed by atoms with van der Waals surface area (Å²) in [5, 5.41) is 3.82. The van der Waals surface area contributed by atoms with Crippen LogP contribution in [0, 0.1) is 5.41 Å². The molecule has 0 spiro atoms. The maximum atomic E-state index is 3.82. The second-order valence-electron chi connectivity index (χ2n) is 5.62. The van der Waals surface area contributed by atoms with Gasteiger partial charge in [-0.25, -0.2) is 0 Å². The molecule has 1 N–H and O–H groups in total. The van der Waals surface area contributed by atoms with Crippen molar-refractivity contribution in [1.29, 1.82) is 0 Å². The lowest BCUT2D eigenvalue weighted by Crippen LogP contribution is -2.46. The van der Waals surface area contributed by atoms with E-state index >= 15 is 0 Å². The molecule has 2 fully saturated rings. The SMILES string of the molecule is CC(NC1CCN(C)CC1)C1(C)CC1. The largest absolute Gasteiger partial charge is 0.311 e. The summed E-state index contributed by atoms with van der Waals surface area (Å²) in [7, 11) is 2.22. The fourth-order valence-electron chi connectivity index (χ4n) is 2.36. The summed E-state index contributed by atoms with van der Waals surface area (Å²) >= 11 is 0. The van der Waals surface area contributed by atoms with Crippen LogP contribution in [0.4, 0.5) is 0 Å². The molecule has 0 aromatic heterocycles. The molecule has 1 aliphatic carbocycles. The van der Waals surface area contributed by atoms with Gasteiger partial charge in [0.1, 0.15) is 0 Å². The number of hydrogen-bond donors (Lipinski definition) is 1. The molecule has 1 saturated heterocycles. The van der Waals surface area contributed by atoms with Crippen molar-refractivity contribution in [3.05, 3.63) is 0 Å². The first kappa shape index (κ1) is 10.4. The summed E-state index contributed by atoms with van der Waals surface area (Å²) in [5.41, 5.74) is 0.628. The quantitative estimate of drug-likeness (QED) is 0.741. The molecule has 82 valence electrons. The molecule has 0 radical (unpaired) electrons. The van der Waals surface area contributed by atoms with Gasteiger partial charge < -0.3 is 10.2 Å². The summed E-state index contributed by atoms with van der Waals surface area (Å²) in [6.07, 6.45) is 5.51. The van der Waals surface area contributed by atoms with E-state index in [0.717, 1.165) is 12.1 Å². The maximum Gasteiger partial charge on any atom is 0.00951 e. The summed E-state index contributed by atoms with van der Waals surface area (Å²) in [5.74, 6) is 0. The van der Waals surface area contributed by atoms with Gasteiger partial charge in [-0.1, -0.05) is 6.92 Å². The van der Waals surface area contributed by atoms with Crippen molar-refractivity contribution in [3.8, 4) is 0 Å². The van der Waals surface area contributed by atoms with Gasteiger partial charge in [0.15, 0.2) is 0 Å². The highest BCUT2D eigenvalue weighted by atomic mass is 15.1. The van der Waals surface area contributed by atoms with Crippen LogP contribution in [0.3, 0.4) is 0 Å². The van der Waals surface area contributed by atoms with Crippen LogP contribution in [0.15, 0.2) is 0 Å². The molecule has 2 heteroatoms. The van der Waals surface area contributed by atoms with E-state index in [2.05, 4.69) is 31.1 Å². The Bertz CT molecular complexity index is 190. The van der Waals surface area contributed by atoms with Crippen LogP contribution in [-0.2, 0) is 0 Å². The van der Waals surface area contributed by atoms with E-state index in [1.807, 2.05) is 0 Å². The number of nitrogens with one attached hydrogen (secondary N) is 1. The van der Waals surface area contributed by atoms with Crippen LogP contribution in [0.2, 0.25) is 0 Å². The lowest BCUT2D eigenvalue weighted by atomic mass is 9.97. The second-order valence-corrected chi connectivity index (χ2v) is 5.62. The molecule has 0 amide bonds. The van der Waals surface area contributed by atoms with E-state index in [9.17, 15) is 0 Å². The highest BCUT2D eigenvalue weighted by molar-refractivity contribution is 4.97. The van der Waals surface area contributed by atoms with Crippen molar-refractivity contribution in [2.75, 3.05) is 20.1 Å². The molecular weight excluding hydrogens is 172 g/mol. The van der Waals surface area contributed by atoms with E-state index in [1.54, 1.807) is 0 Å². The first-order valence-corrected chi connectivity index (χ1v) is 6.05. The van der Waals surface area contributed by atoms with Crippen LogP contribution < -0.4 is 5.32 Å². The third-order valence-corrected chi connectivity index (χ3v) is 4.29. The van der Waals surface area contributed by atoms with Crippen LogP contribution >= 0.6 is 0 Å². The highest BCUT2D eigenvalue weighted by Gasteiger charge is 2.42. The molecule has 1 unspecified atom stereocenters. The zero-order valence-corrected chi connectivity index (χ0v) is 9.84. The number of likely N-dealkylation sites (tertiary alicyclic amines) is 1. The lowest BCUT2D eigenvalue weighted by Gasteiger charge is -2.33. The lowest BCUT2D eigenvalue weighted by molar-refractivity contribution is 0.212. The van der Waals surface area contributed by atoms with Gasteiger partial charge in [-0.15, -0.1) is 0 Å². The molecule has 2 aliphatic rings. The van der Waals surface area contributed by atoms with E-state index in [0.29, 0.717) is 5.41 Å². The van der Waals surface area contributed by atoms with Gasteiger partial charge in [0.05, 0.1) is 0 Å². The third kappa shape index (κ3) is 2.29. The Labute approximate surface area is 88.1 Å². The molecule has 1 heterocycles. The van der Waals surface area contributed by atoms with Crippen molar-refractivity contribution >= 4 is 0 Å². The van der Waals surface area contributed by atoms with E-state index < -0.39 is 0 Å². The molecule has 1 aliphatic heterocycles. The Morgan fingerprint density at radius 1 is 1.29 bits per heavy atom. The van der Waals surface area contributed by atoms with Gasteiger partial charge in [-0.05, 0) is 58.2 Å². The van der Waals surface area contributed by atoms with Crippen LogP contribution in [0.1, 0.15) is 39.5 Å². The molecule has 0 bridgehead atoms. The van der Waals surface area contributed by atoms with Crippen molar-refractivity contribution in [2.45, 2.75) is 51.6 Å². The van der Waals surface area contributed by atoms with Gasteiger partial charge in [0.2, 0.25) is 0 Å². The summed E-state index contributed by atoms with van der Waals surface area (Å²) < 4.78 is 0.